The van der Waals surface area contributed by atoms with Crippen LogP contribution in [0.4, 0.5) is 4.39 Å². The summed E-state index contributed by atoms with van der Waals surface area (Å²) in [7, 11) is 1.34. The number of thiol groups is 1. The number of carbonyl (C=O) groups is 1. The van der Waals surface area contributed by atoms with Gasteiger partial charge in [0.2, 0.25) is 0 Å². The van der Waals surface area contributed by atoms with Crippen molar-refractivity contribution in [2.75, 3.05) is 20.2 Å². The molecule has 5 rings (SSSR count). The maximum absolute atomic E-state index is 14.3. The molecule has 1 saturated heterocycles. The van der Waals surface area contributed by atoms with Crippen molar-refractivity contribution in [1.82, 2.24) is 24.2 Å². The number of aliphatic hydroxyl groups excluding tert-OH is 1. The number of methoxy groups -OCH3 is 1. The molecule has 0 bridgehead atoms. The van der Waals surface area contributed by atoms with Crippen LogP contribution in [0.2, 0.25) is 0 Å². The van der Waals surface area contributed by atoms with E-state index in [-0.39, 0.29) is 18.4 Å². The van der Waals surface area contributed by atoms with E-state index >= 15 is 0 Å². The second-order valence-electron chi connectivity index (χ2n) is 9.64. The number of aromatic nitrogens is 4. The normalized spacial score (nSPS) is 15.3. The Morgan fingerprint density at radius 2 is 2.08 bits per heavy atom. The third-order valence-electron chi connectivity index (χ3n) is 7.05. The van der Waals surface area contributed by atoms with Crippen LogP contribution >= 0.6 is 24.4 Å². The fraction of sp³-hybridized carbons (Fsp3) is 0.357. The van der Waals surface area contributed by atoms with Crippen LogP contribution in [0.25, 0.3) is 11.0 Å². The fourth-order valence-corrected chi connectivity index (χ4v) is 6.19. The van der Waals surface area contributed by atoms with Crippen molar-refractivity contribution in [3.63, 3.8) is 0 Å². The minimum absolute atomic E-state index is 0.222. The molecule has 1 aliphatic heterocycles. The standard InChI is InChI=1S/C28H29FN6O3S2/c1-38-28(37)19-4-5-23-24(13-19)34(16-27(36)39)25(32-23)15-33-10-7-21(8-11-33)35-26(6-9-31-35)40-17-20-3-2-18(14-30)12-22(20)29/h2-6,9,12-13,21,27,36,39H,7-8,10-11,15-17H2,1H3/t27-/m0/s1. The second kappa shape index (κ2) is 12.4. The number of carbonyl (C=O) groups excluding carboxylic acids is 1. The van der Waals surface area contributed by atoms with Crippen LogP contribution in [0.1, 0.15) is 46.2 Å². The Balaban J connectivity index is 1.25. The van der Waals surface area contributed by atoms with Gasteiger partial charge in [0.1, 0.15) is 17.1 Å². The lowest BCUT2D eigenvalue weighted by molar-refractivity contribution is 0.0601. The number of ether oxygens (including phenoxy) is 1. The molecule has 0 saturated carbocycles. The van der Waals surface area contributed by atoms with E-state index in [1.54, 1.807) is 36.5 Å². The van der Waals surface area contributed by atoms with Crippen LogP contribution in [0.5, 0.6) is 0 Å². The highest BCUT2D eigenvalue weighted by atomic mass is 32.2. The number of piperidine rings is 1. The molecule has 40 heavy (non-hydrogen) atoms. The van der Waals surface area contributed by atoms with Gasteiger partial charge >= 0.3 is 5.97 Å². The molecule has 0 radical (unpaired) electrons. The van der Waals surface area contributed by atoms with Gasteiger partial charge in [-0.25, -0.2) is 14.2 Å². The SMILES string of the molecule is COC(=O)c1ccc2nc(CN3CCC(n4nccc4SCc4ccc(C#N)cc4F)CC3)n(C[C@@H](O)S)c2c1. The molecule has 1 fully saturated rings. The molecule has 208 valence electrons. The maximum Gasteiger partial charge on any atom is 0.337 e. The van der Waals surface area contributed by atoms with Crippen molar-refractivity contribution in [3.05, 3.63) is 77.0 Å². The Labute approximate surface area is 241 Å². The first-order valence-corrected chi connectivity index (χ1v) is 14.4. The van der Waals surface area contributed by atoms with Gasteiger partial charge in [-0.15, -0.1) is 24.4 Å². The molecule has 9 nitrogen and oxygen atoms in total. The first kappa shape index (κ1) is 28.2. The number of benzene rings is 2. The quantitative estimate of drug-likeness (QED) is 0.130. The van der Waals surface area contributed by atoms with Gasteiger partial charge in [-0.2, -0.15) is 10.4 Å². The predicted molar refractivity (Wildman–Crippen MR) is 153 cm³/mol. The summed E-state index contributed by atoms with van der Waals surface area (Å²) in [6, 6.07) is 13.9. The van der Waals surface area contributed by atoms with Gasteiger partial charge in [-0.3, -0.25) is 9.58 Å². The van der Waals surface area contributed by atoms with Gasteiger partial charge in [-0.1, -0.05) is 6.07 Å². The molecule has 1 aliphatic rings. The number of imidazole rings is 1. The Kier molecular flexibility index (Phi) is 8.75. The van der Waals surface area contributed by atoms with Crippen molar-refractivity contribution < 1.29 is 19.0 Å². The largest absolute Gasteiger partial charge is 0.465 e. The molecular weight excluding hydrogens is 551 g/mol. The number of fused-ring (bicyclic) bond motifs is 1. The Bertz CT molecular complexity index is 1560. The van der Waals surface area contributed by atoms with E-state index < -0.39 is 11.4 Å². The van der Waals surface area contributed by atoms with Crippen LogP contribution < -0.4 is 0 Å². The summed E-state index contributed by atoms with van der Waals surface area (Å²) >= 11 is 5.71. The number of hydrogen-bond donors (Lipinski definition) is 2. The zero-order valence-electron chi connectivity index (χ0n) is 21.9. The van der Waals surface area contributed by atoms with Gasteiger partial charge in [-0.05, 0) is 54.8 Å². The molecule has 3 heterocycles. The molecule has 4 aromatic rings. The van der Waals surface area contributed by atoms with E-state index in [4.69, 9.17) is 15.0 Å². The number of nitriles is 1. The van der Waals surface area contributed by atoms with E-state index in [0.29, 0.717) is 29.0 Å². The average molecular weight is 581 g/mol. The lowest BCUT2D eigenvalue weighted by Crippen LogP contribution is -2.35. The van der Waals surface area contributed by atoms with E-state index in [1.165, 1.54) is 24.9 Å². The Morgan fingerprint density at radius 3 is 2.77 bits per heavy atom. The van der Waals surface area contributed by atoms with Crippen molar-refractivity contribution in [2.24, 2.45) is 0 Å². The van der Waals surface area contributed by atoms with E-state index in [1.807, 2.05) is 21.4 Å². The highest BCUT2D eigenvalue weighted by Crippen LogP contribution is 2.31. The molecule has 12 heteroatoms. The Hall–Kier alpha value is -3.37. The monoisotopic (exact) mass is 580 g/mol. The van der Waals surface area contributed by atoms with Crippen molar-refractivity contribution in [3.8, 4) is 6.07 Å². The topological polar surface area (TPSA) is 109 Å². The molecule has 0 amide bonds. The van der Waals surface area contributed by atoms with Crippen molar-refractivity contribution in [2.45, 2.75) is 48.2 Å². The number of thioether (sulfide) groups is 1. The highest BCUT2D eigenvalue weighted by molar-refractivity contribution is 7.98. The maximum atomic E-state index is 14.3. The number of hydrogen-bond acceptors (Lipinski definition) is 9. The summed E-state index contributed by atoms with van der Waals surface area (Å²) in [5.74, 6) is 0.447. The minimum atomic E-state index is -0.878. The number of aliphatic hydroxyl groups is 1. The fourth-order valence-electron chi connectivity index (χ4n) is 5.00. The van der Waals surface area contributed by atoms with Crippen LogP contribution in [-0.2, 0) is 23.6 Å². The van der Waals surface area contributed by atoms with Crippen LogP contribution in [0.15, 0.2) is 53.7 Å². The summed E-state index contributed by atoms with van der Waals surface area (Å²) < 4.78 is 23.1. The molecule has 0 unspecified atom stereocenters. The first-order chi connectivity index (χ1) is 19.4. The molecular formula is C28H29FN6O3S2. The van der Waals surface area contributed by atoms with Gasteiger partial charge in [0.05, 0.1) is 65.7 Å². The van der Waals surface area contributed by atoms with Gasteiger partial charge < -0.3 is 14.4 Å². The lowest BCUT2D eigenvalue weighted by Gasteiger charge is -2.32. The summed E-state index contributed by atoms with van der Waals surface area (Å²) in [6.07, 6.45) is 3.56. The third kappa shape index (κ3) is 6.18. The highest BCUT2D eigenvalue weighted by Gasteiger charge is 2.25. The number of halogens is 1. The van der Waals surface area contributed by atoms with Gasteiger partial charge in [0.25, 0.3) is 0 Å². The van der Waals surface area contributed by atoms with Gasteiger partial charge in [0, 0.05) is 18.8 Å². The summed E-state index contributed by atoms with van der Waals surface area (Å²) in [5, 5.41) is 24.5. The number of nitrogens with zero attached hydrogens (tertiary/aromatic N) is 6. The predicted octanol–water partition coefficient (Wildman–Crippen LogP) is 4.41. The average Bonchev–Trinajstić information content (AvgIpc) is 3.56. The zero-order valence-corrected chi connectivity index (χ0v) is 23.6. The molecule has 0 spiro atoms. The lowest BCUT2D eigenvalue weighted by atomic mass is 10.1. The van der Waals surface area contributed by atoms with Crippen LogP contribution in [0.3, 0.4) is 0 Å². The van der Waals surface area contributed by atoms with E-state index in [2.05, 4.69) is 22.6 Å². The molecule has 2 aromatic carbocycles. The summed E-state index contributed by atoms with van der Waals surface area (Å²) in [6.45, 7) is 2.50. The van der Waals surface area contributed by atoms with E-state index in [0.717, 1.165) is 47.8 Å². The number of esters is 1. The van der Waals surface area contributed by atoms with Crippen molar-refractivity contribution in [1.29, 1.82) is 5.26 Å². The van der Waals surface area contributed by atoms with Crippen molar-refractivity contribution >= 4 is 41.4 Å². The number of likely N-dealkylation sites (tertiary alicyclic amines) is 1. The first-order valence-electron chi connectivity index (χ1n) is 12.9. The molecule has 0 aliphatic carbocycles. The van der Waals surface area contributed by atoms with Gasteiger partial charge in [0.15, 0.2) is 0 Å². The number of rotatable bonds is 9. The zero-order chi connectivity index (χ0) is 28.2. The summed E-state index contributed by atoms with van der Waals surface area (Å²) in [4.78, 5) is 19.2. The smallest absolute Gasteiger partial charge is 0.337 e. The van der Waals surface area contributed by atoms with Crippen LogP contribution in [0, 0.1) is 17.1 Å². The Morgan fingerprint density at radius 1 is 1.27 bits per heavy atom. The third-order valence-corrected chi connectivity index (χ3v) is 8.29. The van der Waals surface area contributed by atoms with Crippen LogP contribution in [-0.4, -0.2) is 60.9 Å². The minimum Gasteiger partial charge on any atom is -0.465 e. The molecule has 1 atom stereocenters. The molecule has 1 N–H and O–H groups in total. The second-order valence-corrected chi connectivity index (χ2v) is 11.2. The molecule has 2 aromatic heterocycles. The summed E-state index contributed by atoms with van der Waals surface area (Å²) in [5.41, 5.74) is 1.90. The van der Waals surface area contributed by atoms with E-state index in [9.17, 15) is 14.3 Å².